The molecule has 0 bridgehead atoms. The van der Waals surface area contributed by atoms with E-state index in [9.17, 15) is 9.59 Å². The van der Waals surface area contributed by atoms with Crippen LogP contribution in [0.3, 0.4) is 0 Å². The van der Waals surface area contributed by atoms with Gasteiger partial charge in [-0.05, 0) is 17.7 Å². The van der Waals surface area contributed by atoms with E-state index in [-0.39, 0.29) is 24.8 Å². The van der Waals surface area contributed by atoms with E-state index >= 15 is 0 Å². The van der Waals surface area contributed by atoms with Gasteiger partial charge in [-0.15, -0.1) is 0 Å². The van der Waals surface area contributed by atoms with Crippen molar-refractivity contribution in [1.29, 1.82) is 5.26 Å². The third-order valence-electron chi connectivity index (χ3n) is 2.63. The Balaban J connectivity index is 2.33. The van der Waals surface area contributed by atoms with Crippen molar-refractivity contribution < 1.29 is 19.1 Å². The van der Waals surface area contributed by atoms with Crippen LogP contribution in [-0.4, -0.2) is 38.7 Å². The Morgan fingerprint density at radius 1 is 1.18 bits per heavy atom. The van der Waals surface area contributed by atoms with Crippen molar-refractivity contribution in [3.05, 3.63) is 29.8 Å². The van der Waals surface area contributed by atoms with E-state index in [1.807, 2.05) is 0 Å². The van der Waals surface area contributed by atoms with E-state index in [0.29, 0.717) is 25.4 Å². The van der Waals surface area contributed by atoms with Crippen molar-refractivity contribution >= 4 is 17.5 Å². The van der Waals surface area contributed by atoms with Gasteiger partial charge in [-0.1, -0.05) is 12.1 Å². The Morgan fingerprint density at radius 3 is 2.55 bits per heavy atom. The van der Waals surface area contributed by atoms with E-state index in [4.69, 9.17) is 14.7 Å². The highest BCUT2D eigenvalue weighted by molar-refractivity contribution is 5.91. The molecule has 2 amide bonds. The van der Waals surface area contributed by atoms with Crippen LogP contribution in [0.1, 0.15) is 12.0 Å². The molecule has 0 aliphatic heterocycles. The number of amides is 2. The zero-order valence-corrected chi connectivity index (χ0v) is 12.4. The van der Waals surface area contributed by atoms with Crippen LogP contribution in [0.15, 0.2) is 24.3 Å². The van der Waals surface area contributed by atoms with Gasteiger partial charge in [0.25, 0.3) is 0 Å². The highest BCUT2D eigenvalue weighted by atomic mass is 16.5. The smallest absolute Gasteiger partial charge is 0.250 e. The molecule has 0 atom stereocenters. The maximum Gasteiger partial charge on any atom is 0.250 e. The zero-order valence-electron chi connectivity index (χ0n) is 12.4. The third kappa shape index (κ3) is 7.38. The molecule has 0 fully saturated rings. The molecule has 1 aromatic rings. The molecular weight excluding hydrogens is 286 g/mol. The minimum absolute atomic E-state index is 0.0324. The summed E-state index contributed by atoms with van der Waals surface area (Å²) in [6.45, 7) is 1.12. The zero-order chi connectivity index (χ0) is 16.2. The number of nitrogens with one attached hydrogen (secondary N) is 2. The van der Waals surface area contributed by atoms with Crippen LogP contribution >= 0.6 is 0 Å². The lowest BCUT2D eigenvalue weighted by molar-refractivity contribution is -0.121. The van der Waals surface area contributed by atoms with Crippen molar-refractivity contribution in [3.63, 3.8) is 0 Å². The van der Waals surface area contributed by atoms with Crippen molar-refractivity contribution in [3.8, 4) is 6.07 Å². The molecule has 1 rings (SSSR count). The van der Waals surface area contributed by atoms with Gasteiger partial charge in [0.1, 0.15) is 13.0 Å². The number of hydrogen-bond donors (Lipinski definition) is 2. The number of anilines is 1. The van der Waals surface area contributed by atoms with Gasteiger partial charge >= 0.3 is 0 Å². The van der Waals surface area contributed by atoms with Crippen LogP contribution in [0.5, 0.6) is 0 Å². The van der Waals surface area contributed by atoms with Gasteiger partial charge in [-0.3, -0.25) is 9.59 Å². The average Bonchev–Trinajstić information content (AvgIpc) is 2.51. The summed E-state index contributed by atoms with van der Waals surface area (Å²) in [4.78, 5) is 22.7. The highest BCUT2D eigenvalue weighted by Gasteiger charge is 2.03. The summed E-state index contributed by atoms with van der Waals surface area (Å²) < 4.78 is 9.91. The molecular formula is C15H19N3O4. The van der Waals surface area contributed by atoms with Gasteiger partial charge in [0.15, 0.2) is 0 Å². The molecule has 0 aromatic heterocycles. The Labute approximate surface area is 129 Å². The van der Waals surface area contributed by atoms with Crippen molar-refractivity contribution in [2.45, 2.75) is 13.0 Å². The molecule has 118 valence electrons. The monoisotopic (exact) mass is 305 g/mol. The number of benzene rings is 1. The Kier molecular flexibility index (Phi) is 8.27. The maximum atomic E-state index is 11.6. The Hall–Kier alpha value is -2.43. The van der Waals surface area contributed by atoms with Crippen LogP contribution in [0, 0.1) is 11.3 Å². The normalized spacial score (nSPS) is 9.82. The van der Waals surface area contributed by atoms with Crippen LogP contribution in [-0.2, 0) is 25.6 Å². The fourth-order valence-electron chi connectivity index (χ4n) is 1.55. The van der Waals surface area contributed by atoms with Crippen LogP contribution < -0.4 is 10.6 Å². The number of carbonyl (C=O) groups excluding carboxylic acids is 2. The minimum atomic E-state index is -0.312. The summed E-state index contributed by atoms with van der Waals surface area (Å²) in [7, 11) is 1.56. The van der Waals surface area contributed by atoms with Gasteiger partial charge in [0.2, 0.25) is 11.8 Å². The Morgan fingerprint density at radius 2 is 1.91 bits per heavy atom. The van der Waals surface area contributed by atoms with E-state index in [1.54, 1.807) is 37.4 Å². The molecule has 1 aromatic carbocycles. The first kappa shape index (κ1) is 17.6. The lowest BCUT2D eigenvalue weighted by Gasteiger charge is -2.07. The number of hydrogen-bond acceptors (Lipinski definition) is 5. The van der Waals surface area contributed by atoms with Gasteiger partial charge in [0, 0.05) is 19.3 Å². The van der Waals surface area contributed by atoms with Gasteiger partial charge in [-0.25, -0.2) is 0 Å². The molecule has 0 saturated carbocycles. The van der Waals surface area contributed by atoms with E-state index in [2.05, 4.69) is 10.6 Å². The number of nitrogens with zero attached hydrogens (tertiary/aromatic N) is 1. The predicted molar refractivity (Wildman–Crippen MR) is 79.8 cm³/mol. The van der Waals surface area contributed by atoms with E-state index in [0.717, 1.165) is 5.56 Å². The van der Waals surface area contributed by atoms with Gasteiger partial charge < -0.3 is 20.1 Å². The molecule has 2 N–H and O–H groups in total. The number of methoxy groups -OCH3 is 1. The van der Waals surface area contributed by atoms with Crippen molar-refractivity contribution in [2.75, 3.05) is 32.2 Å². The van der Waals surface area contributed by atoms with Gasteiger partial charge in [0.05, 0.1) is 19.3 Å². The summed E-state index contributed by atoms with van der Waals surface area (Å²) in [5.41, 5.74) is 1.52. The molecule has 0 radical (unpaired) electrons. The summed E-state index contributed by atoms with van der Waals surface area (Å²) in [6.07, 6.45) is -0.156. The van der Waals surface area contributed by atoms with E-state index < -0.39 is 0 Å². The van der Waals surface area contributed by atoms with Crippen molar-refractivity contribution in [2.24, 2.45) is 0 Å². The third-order valence-corrected chi connectivity index (χ3v) is 2.63. The molecule has 0 unspecified atom stereocenters. The predicted octanol–water partition coefficient (Wildman–Crippen LogP) is 0.818. The number of nitriles is 1. The fourth-order valence-corrected chi connectivity index (χ4v) is 1.55. The molecule has 0 aliphatic carbocycles. The lowest BCUT2D eigenvalue weighted by Crippen LogP contribution is -2.22. The second-order valence-electron chi connectivity index (χ2n) is 4.40. The summed E-state index contributed by atoms with van der Waals surface area (Å²) in [5, 5.41) is 13.7. The number of rotatable bonds is 9. The molecule has 0 saturated heterocycles. The second-order valence-corrected chi connectivity index (χ2v) is 4.40. The summed E-state index contributed by atoms with van der Waals surface area (Å²) in [5.74, 6) is -0.556. The first-order valence-electron chi connectivity index (χ1n) is 6.75. The second kappa shape index (κ2) is 10.3. The van der Waals surface area contributed by atoms with Crippen LogP contribution in [0.25, 0.3) is 0 Å². The molecule has 0 heterocycles. The standard InChI is InChI=1S/C15H19N3O4/c1-21-8-9-22-11-15(20)18-13-4-2-12(3-5-13)10-17-14(19)6-7-16/h2-5H,6,8-11H2,1H3,(H,17,19)(H,18,20). The van der Waals surface area contributed by atoms with Crippen LogP contribution in [0.4, 0.5) is 5.69 Å². The molecule has 0 aliphatic rings. The molecule has 7 heteroatoms. The van der Waals surface area contributed by atoms with E-state index in [1.165, 1.54) is 0 Å². The Bertz CT molecular complexity index is 523. The van der Waals surface area contributed by atoms with Crippen LogP contribution in [0.2, 0.25) is 0 Å². The highest BCUT2D eigenvalue weighted by Crippen LogP contribution is 2.09. The van der Waals surface area contributed by atoms with Gasteiger partial charge in [-0.2, -0.15) is 5.26 Å². The fraction of sp³-hybridized carbons (Fsp3) is 0.400. The largest absolute Gasteiger partial charge is 0.382 e. The summed E-state index contributed by atoms with van der Waals surface area (Å²) in [6, 6.07) is 8.82. The minimum Gasteiger partial charge on any atom is -0.382 e. The molecule has 22 heavy (non-hydrogen) atoms. The first-order valence-corrected chi connectivity index (χ1v) is 6.75. The summed E-state index contributed by atoms with van der Waals surface area (Å²) >= 11 is 0. The molecule has 7 nitrogen and oxygen atoms in total. The topological polar surface area (TPSA) is 100 Å². The quantitative estimate of drug-likeness (QED) is 0.658. The SMILES string of the molecule is COCCOCC(=O)Nc1ccc(CNC(=O)CC#N)cc1. The lowest BCUT2D eigenvalue weighted by atomic mass is 10.2. The number of carbonyl (C=O) groups is 2. The molecule has 0 spiro atoms. The average molecular weight is 305 g/mol. The first-order chi connectivity index (χ1) is 10.7. The van der Waals surface area contributed by atoms with Crippen molar-refractivity contribution in [1.82, 2.24) is 5.32 Å². The maximum absolute atomic E-state index is 11.6. The number of ether oxygens (including phenoxy) is 2.